The molecule has 11 aromatic rings. The molecule has 9 aromatic carbocycles. The predicted molar refractivity (Wildman–Crippen MR) is 248 cm³/mol. The summed E-state index contributed by atoms with van der Waals surface area (Å²) in [4.78, 5) is 3.94. The lowest BCUT2D eigenvalue weighted by atomic mass is 9.80. The SMILES string of the molecule is CC1(C)c2ccccc2-c2cc3c4cc(-c5ccc6[nH]c7c8c(ccc7c6c5)-c5ccccc5-c5ccccc5-c5ccccc5-8)ccc4n(-c4ccccc4)c3cc21. The molecule has 0 aliphatic heterocycles. The number of rotatable bonds is 2. The van der Waals surface area contributed by atoms with Crippen molar-refractivity contribution in [2.45, 2.75) is 19.3 Å². The second-order valence-electron chi connectivity index (χ2n) is 16.9. The van der Waals surface area contributed by atoms with Crippen LogP contribution in [0, 0.1) is 0 Å². The zero-order valence-corrected chi connectivity index (χ0v) is 32.8. The molecule has 0 amide bonds. The predicted octanol–water partition coefficient (Wildman–Crippen LogP) is 15.4. The van der Waals surface area contributed by atoms with Gasteiger partial charge in [0.15, 0.2) is 0 Å². The molecule has 0 atom stereocenters. The number of H-pyrrole nitrogens is 1. The first kappa shape index (κ1) is 32.6. The average molecular weight is 751 g/mol. The van der Waals surface area contributed by atoms with E-state index < -0.39 is 0 Å². The largest absolute Gasteiger partial charge is 0.354 e. The molecule has 0 fully saturated rings. The van der Waals surface area contributed by atoms with Crippen molar-refractivity contribution in [3.8, 4) is 72.4 Å². The second-order valence-corrected chi connectivity index (χ2v) is 16.9. The Kier molecular flexibility index (Phi) is 6.54. The number of aromatic amines is 1. The van der Waals surface area contributed by atoms with E-state index >= 15 is 0 Å². The molecule has 0 radical (unpaired) electrons. The summed E-state index contributed by atoms with van der Waals surface area (Å²) in [5.74, 6) is 0. The molecule has 0 saturated carbocycles. The lowest BCUT2D eigenvalue weighted by molar-refractivity contribution is 0.661. The van der Waals surface area contributed by atoms with E-state index in [2.05, 4.69) is 211 Å². The number of nitrogens with one attached hydrogen (secondary N) is 1. The van der Waals surface area contributed by atoms with E-state index in [1.807, 2.05) is 0 Å². The third kappa shape index (κ3) is 4.46. The Morgan fingerprint density at radius 1 is 0.373 bits per heavy atom. The second kappa shape index (κ2) is 11.8. The van der Waals surface area contributed by atoms with Gasteiger partial charge < -0.3 is 9.55 Å². The summed E-state index contributed by atoms with van der Waals surface area (Å²) in [6.07, 6.45) is 0. The molecule has 13 rings (SSSR count). The van der Waals surface area contributed by atoms with Crippen molar-refractivity contribution in [1.29, 1.82) is 0 Å². The third-order valence-corrected chi connectivity index (χ3v) is 13.5. The molecular formula is C57H38N2. The Balaban J connectivity index is 1.03. The van der Waals surface area contributed by atoms with Crippen molar-refractivity contribution in [3.63, 3.8) is 0 Å². The highest BCUT2D eigenvalue weighted by molar-refractivity contribution is 6.19. The van der Waals surface area contributed by atoms with E-state index in [0.29, 0.717) is 0 Å². The Bertz CT molecular complexity index is 3570. The monoisotopic (exact) mass is 750 g/mol. The Morgan fingerprint density at radius 3 is 1.64 bits per heavy atom. The molecule has 276 valence electrons. The Hall–Kier alpha value is -7.42. The standard InChI is InChI=1S/C57H38N2/c1-57(2)50-23-13-12-21-42(50)46-32-49-48-31-35(25-29-53(48)59(54(49)33-51(46)57)36-14-4-3-5-15-36)34-24-28-52-47(30-34)45-27-26-44-41-20-9-8-18-39(41)37-16-6-7-17-38(37)40-19-10-11-22-43(40)55(44)56(45)58-52/h3-33,58H,1-2H3. The highest BCUT2D eigenvalue weighted by Gasteiger charge is 2.36. The maximum atomic E-state index is 3.94. The van der Waals surface area contributed by atoms with Crippen LogP contribution in [0.2, 0.25) is 0 Å². The number of hydrogen-bond donors (Lipinski definition) is 1. The van der Waals surface area contributed by atoms with Crippen molar-refractivity contribution < 1.29 is 0 Å². The van der Waals surface area contributed by atoms with Gasteiger partial charge in [0.2, 0.25) is 0 Å². The number of fused-ring (bicyclic) bond motifs is 18. The first-order valence-electron chi connectivity index (χ1n) is 20.7. The van der Waals surface area contributed by atoms with Crippen molar-refractivity contribution in [2.75, 3.05) is 0 Å². The number of aromatic nitrogens is 2. The van der Waals surface area contributed by atoms with Gasteiger partial charge in [-0.3, -0.25) is 0 Å². The lowest BCUT2D eigenvalue weighted by Gasteiger charge is -2.23. The molecule has 0 spiro atoms. The van der Waals surface area contributed by atoms with E-state index in [1.54, 1.807) is 0 Å². The molecule has 2 heterocycles. The van der Waals surface area contributed by atoms with Gasteiger partial charge in [0.05, 0.1) is 16.6 Å². The average Bonchev–Trinajstić information content (AvgIpc) is 3.89. The van der Waals surface area contributed by atoms with Crippen molar-refractivity contribution in [3.05, 3.63) is 199 Å². The smallest absolute Gasteiger partial charge is 0.0551 e. The highest BCUT2D eigenvalue weighted by atomic mass is 15.0. The van der Waals surface area contributed by atoms with E-state index in [9.17, 15) is 0 Å². The van der Waals surface area contributed by atoms with Crippen molar-refractivity contribution in [2.24, 2.45) is 0 Å². The van der Waals surface area contributed by atoms with Crippen LogP contribution in [0.4, 0.5) is 0 Å². The molecule has 0 bridgehead atoms. The number of para-hydroxylation sites is 1. The molecule has 1 N–H and O–H groups in total. The van der Waals surface area contributed by atoms with Crippen LogP contribution >= 0.6 is 0 Å². The van der Waals surface area contributed by atoms with Gasteiger partial charge in [0, 0.05) is 43.7 Å². The zero-order chi connectivity index (χ0) is 39.0. The van der Waals surface area contributed by atoms with Crippen LogP contribution < -0.4 is 0 Å². The van der Waals surface area contributed by atoms with Crippen molar-refractivity contribution >= 4 is 43.6 Å². The molecule has 2 heteroatoms. The first-order chi connectivity index (χ1) is 29.0. The van der Waals surface area contributed by atoms with E-state index in [4.69, 9.17) is 0 Å². The minimum absolute atomic E-state index is 0.0778. The van der Waals surface area contributed by atoms with Gasteiger partial charge in [-0.05, 0) is 121 Å². The maximum absolute atomic E-state index is 3.94. The van der Waals surface area contributed by atoms with Crippen LogP contribution in [0.5, 0.6) is 0 Å². The van der Waals surface area contributed by atoms with Crippen LogP contribution in [0.1, 0.15) is 25.0 Å². The van der Waals surface area contributed by atoms with E-state index in [0.717, 1.165) is 5.52 Å². The molecule has 59 heavy (non-hydrogen) atoms. The fourth-order valence-corrected chi connectivity index (χ4v) is 10.7. The highest BCUT2D eigenvalue weighted by Crippen LogP contribution is 2.52. The number of nitrogens with zero attached hydrogens (tertiary/aromatic N) is 1. The molecular weight excluding hydrogens is 713 g/mol. The molecule has 2 aliphatic carbocycles. The van der Waals surface area contributed by atoms with E-state index in [1.165, 1.54) is 122 Å². The first-order valence-corrected chi connectivity index (χ1v) is 20.7. The van der Waals surface area contributed by atoms with Crippen LogP contribution in [-0.2, 0) is 5.41 Å². The molecule has 2 aromatic heterocycles. The van der Waals surface area contributed by atoms with Gasteiger partial charge >= 0.3 is 0 Å². The maximum Gasteiger partial charge on any atom is 0.0551 e. The Labute approximate surface area is 342 Å². The van der Waals surface area contributed by atoms with Crippen LogP contribution in [0.3, 0.4) is 0 Å². The summed E-state index contributed by atoms with van der Waals surface area (Å²) in [5, 5.41) is 5.02. The van der Waals surface area contributed by atoms with Gasteiger partial charge in [0.1, 0.15) is 0 Å². The minimum atomic E-state index is -0.0778. The summed E-state index contributed by atoms with van der Waals surface area (Å²) in [6, 6.07) is 70.1. The van der Waals surface area contributed by atoms with Gasteiger partial charge in [-0.25, -0.2) is 0 Å². The van der Waals surface area contributed by atoms with Crippen molar-refractivity contribution in [1.82, 2.24) is 9.55 Å². The van der Waals surface area contributed by atoms with Gasteiger partial charge in [-0.1, -0.05) is 153 Å². The van der Waals surface area contributed by atoms with Crippen LogP contribution in [-0.4, -0.2) is 9.55 Å². The Morgan fingerprint density at radius 2 is 0.932 bits per heavy atom. The summed E-state index contributed by atoms with van der Waals surface area (Å²) >= 11 is 0. The third-order valence-electron chi connectivity index (χ3n) is 13.5. The molecule has 2 aliphatic rings. The fourth-order valence-electron chi connectivity index (χ4n) is 10.7. The molecule has 2 nitrogen and oxygen atoms in total. The zero-order valence-electron chi connectivity index (χ0n) is 32.8. The lowest BCUT2D eigenvalue weighted by Crippen LogP contribution is -2.14. The fraction of sp³-hybridized carbons (Fsp3) is 0.0526. The van der Waals surface area contributed by atoms with Crippen LogP contribution in [0.15, 0.2) is 188 Å². The summed E-state index contributed by atoms with van der Waals surface area (Å²) in [7, 11) is 0. The summed E-state index contributed by atoms with van der Waals surface area (Å²) in [5.41, 5.74) is 23.8. The van der Waals surface area contributed by atoms with Gasteiger partial charge in [0.25, 0.3) is 0 Å². The molecule has 0 unspecified atom stereocenters. The topological polar surface area (TPSA) is 20.7 Å². The molecule has 0 saturated heterocycles. The normalized spacial score (nSPS) is 13.4. The summed E-state index contributed by atoms with van der Waals surface area (Å²) < 4.78 is 2.46. The van der Waals surface area contributed by atoms with Crippen LogP contribution in [0.25, 0.3) is 116 Å². The number of benzene rings is 9. The summed E-state index contributed by atoms with van der Waals surface area (Å²) in [6.45, 7) is 4.74. The number of hydrogen-bond acceptors (Lipinski definition) is 0. The van der Waals surface area contributed by atoms with E-state index in [-0.39, 0.29) is 5.41 Å². The van der Waals surface area contributed by atoms with Gasteiger partial charge in [-0.15, -0.1) is 0 Å². The van der Waals surface area contributed by atoms with Gasteiger partial charge in [-0.2, -0.15) is 0 Å². The minimum Gasteiger partial charge on any atom is -0.354 e. The quantitative estimate of drug-likeness (QED) is 0.182.